The molecule has 1 aromatic carbocycles. The van der Waals surface area contributed by atoms with E-state index >= 15 is 0 Å². The first kappa shape index (κ1) is 18.7. The minimum Gasteiger partial charge on any atom is -0.354 e. The molecule has 3 N–H and O–H groups in total. The molecule has 2 rings (SSSR count). The van der Waals surface area contributed by atoms with Crippen LogP contribution < -0.4 is 15.4 Å². The van der Waals surface area contributed by atoms with E-state index in [2.05, 4.69) is 20.3 Å². The van der Waals surface area contributed by atoms with Crippen molar-refractivity contribution < 1.29 is 13.2 Å². The number of aromatic nitrogens is 1. The topological polar surface area (TPSA) is 100 Å². The van der Waals surface area contributed by atoms with Gasteiger partial charge < -0.3 is 10.6 Å². The lowest BCUT2D eigenvalue weighted by atomic mass is 10.2. The Morgan fingerprint density at radius 1 is 1.04 bits per heavy atom. The van der Waals surface area contributed by atoms with E-state index in [1.54, 1.807) is 30.5 Å². The standard InChI is InChI=1S/C17H22N4O3S/c1-3-4-11-25(23,24)21-17-10-9-16(12-18-17)20-15-7-5-14(6-8-15)19-13(2)22/h5-10,12,20H,3-4,11H2,1-2H3,(H,18,21)(H,19,22). The number of benzene rings is 1. The number of carbonyl (C=O) groups is 1. The molecule has 134 valence electrons. The largest absolute Gasteiger partial charge is 0.354 e. The molecule has 0 saturated heterocycles. The minimum absolute atomic E-state index is 0.0891. The van der Waals surface area contributed by atoms with E-state index in [-0.39, 0.29) is 11.7 Å². The monoisotopic (exact) mass is 362 g/mol. The Labute approximate surface area is 147 Å². The number of carbonyl (C=O) groups excluding carboxylic acids is 1. The quantitative estimate of drug-likeness (QED) is 0.669. The number of hydrogen-bond acceptors (Lipinski definition) is 5. The fourth-order valence-electron chi connectivity index (χ4n) is 2.08. The van der Waals surface area contributed by atoms with E-state index < -0.39 is 10.0 Å². The van der Waals surface area contributed by atoms with Gasteiger partial charge in [-0.3, -0.25) is 9.52 Å². The van der Waals surface area contributed by atoms with Crippen LogP contribution in [-0.4, -0.2) is 25.1 Å². The van der Waals surface area contributed by atoms with Gasteiger partial charge in [0.05, 0.1) is 17.6 Å². The summed E-state index contributed by atoms with van der Waals surface area (Å²) in [5.41, 5.74) is 2.27. The van der Waals surface area contributed by atoms with Crippen LogP contribution in [0.4, 0.5) is 22.9 Å². The average Bonchev–Trinajstić information content (AvgIpc) is 2.56. The van der Waals surface area contributed by atoms with E-state index in [4.69, 9.17) is 0 Å². The van der Waals surface area contributed by atoms with Gasteiger partial charge >= 0.3 is 0 Å². The number of unbranched alkanes of at least 4 members (excludes halogenated alkanes) is 1. The molecule has 1 amide bonds. The molecule has 0 aliphatic rings. The number of nitrogens with zero attached hydrogens (tertiary/aromatic N) is 1. The smallest absolute Gasteiger partial charge is 0.233 e. The number of amides is 1. The van der Waals surface area contributed by atoms with Crippen molar-refractivity contribution in [3.05, 3.63) is 42.6 Å². The first-order valence-corrected chi connectivity index (χ1v) is 9.64. The van der Waals surface area contributed by atoms with Crippen molar-refractivity contribution >= 4 is 38.8 Å². The number of anilines is 4. The van der Waals surface area contributed by atoms with Gasteiger partial charge in [-0.25, -0.2) is 13.4 Å². The van der Waals surface area contributed by atoms with Crippen LogP contribution in [0, 0.1) is 0 Å². The Morgan fingerprint density at radius 2 is 1.68 bits per heavy atom. The molecule has 1 aromatic heterocycles. The maximum atomic E-state index is 11.8. The highest BCUT2D eigenvalue weighted by atomic mass is 32.2. The molecule has 0 radical (unpaired) electrons. The Hall–Kier alpha value is -2.61. The summed E-state index contributed by atoms with van der Waals surface area (Å²) in [5.74, 6) is 0.260. The molecule has 0 spiro atoms. The fraction of sp³-hybridized carbons (Fsp3) is 0.294. The van der Waals surface area contributed by atoms with Gasteiger partial charge in [-0.2, -0.15) is 0 Å². The molecule has 25 heavy (non-hydrogen) atoms. The van der Waals surface area contributed by atoms with Crippen molar-refractivity contribution in [1.82, 2.24) is 4.98 Å². The van der Waals surface area contributed by atoms with Gasteiger partial charge in [0.15, 0.2) is 0 Å². The van der Waals surface area contributed by atoms with Crippen LogP contribution in [0.5, 0.6) is 0 Å². The molecule has 1 heterocycles. The van der Waals surface area contributed by atoms with E-state index in [0.717, 1.165) is 17.8 Å². The third-order valence-electron chi connectivity index (χ3n) is 3.28. The predicted octanol–water partition coefficient (Wildman–Crippen LogP) is 3.33. The van der Waals surface area contributed by atoms with Gasteiger partial charge in [-0.05, 0) is 42.8 Å². The lowest BCUT2D eigenvalue weighted by Crippen LogP contribution is -2.17. The van der Waals surface area contributed by atoms with Crippen LogP contribution in [0.15, 0.2) is 42.6 Å². The summed E-state index contributed by atoms with van der Waals surface area (Å²) in [6.45, 7) is 3.40. The molecule has 8 heteroatoms. The highest BCUT2D eigenvalue weighted by Crippen LogP contribution is 2.19. The van der Waals surface area contributed by atoms with E-state index in [1.807, 2.05) is 19.1 Å². The Morgan fingerprint density at radius 3 is 2.24 bits per heavy atom. The predicted molar refractivity (Wildman–Crippen MR) is 101 cm³/mol. The molecule has 0 saturated carbocycles. The second-order valence-electron chi connectivity index (χ2n) is 5.59. The molecular formula is C17H22N4O3S. The third kappa shape index (κ3) is 6.42. The Balaban J connectivity index is 1.97. The zero-order chi connectivity index (χ0) is 18.3. The van der Waals surface area contributed by atoms with Crippen molar-refractivity contribution in [2.45, 2.75) is 26.7 Å². The van der Waals surface area contributed by atoms with Gasteiger partial charge in [0.1, 0.15) is 5.82 Å². The van der Waals surface area contributed by atoms with Crippen molar-refractivity contribution in [2.24, 2.45) is 0 Å². The molecule has 0 bridgehead atoms. The van der Waals surface area contributed by atoms with Gasteiger partial charge in [0, 0.05) is 18.3 Å². The van der Waals surface area contributed by atoms with Crippen LogP contribution in [0.2, 0.25) is 0 Å². The van der Waals surface area contributed by atoms with E-state index in [0.29, 0.717) is 17.9 Å². The summed E-state index contributed by atoms with van der Waals surface area (Å²) in [7, 11) is -3.35. The molecule has 0 fully saturated rings. The van der Waals surface area contributed by atoms with Crippen molar-refractivity contribution in [1.29, 1.82) is 0 Å². The maximum Gasteiger partial charge on any atom is 0.233 e. The summed E-state index contributed by atoms with van der Waals surface area (Å²) in [6, 6.07) is 10.6. The second kappa shape index (κ2) is 8.48. The van der Waals surface area contributed by atoms with Gasteiger partial charge in [-0.15, -0.1) is 0 Å². The summed E-state index contributed by atoms with van der Waals surface area (Å²) in [4.78, 5) is 15.1. The summed E-state index contributed by atoms with van der Waals surface area (Å²) in [5, 5.41) is 5.85. The zero-order valence-electron chi connectivity index (χ0n) is 14.2. The molecule has 0 atom stereocenters. The fourth-order valence-corrected chi connectivity index (χ4v) is 3.29. The Bertz CT molecular complexity index is 803. The molecule has 0 unspecified atom stereocenters. The number of sulfonamides is 1. The second-order valence-corrected chi connectivity index (χ2v) is 7.43. The number of hydrogen-bond donors (Lipinski definition) is 3. The van der Waals surface area contributed by atoms with Crippen molar-refractivity contribution in [2.75, 3.05) is 21.1 Å². The van der Waals surface area contributed by atoms with Crippen LogP contribution in [-0.2, 0) is 14.8 Å². The SMILES string of the molecule is CCCCS(=O)(=O)Nc1ccc(Nc2ccc(NC(C)=O)cc2)cn1. The van der Waals surface area contributed by atoms with Crippen molar-refractivity contribution in [3.63, 3.8) is 0 Å². The summed E-state index contributed by atoms with van der Waals surface area (Å²) >= 11 is 0. The third-order valence-corrected chi connectivity index (χ3v) is 4.63. The Kier molecular flexibility index (Phi) is 6.35. The summed E-state index contributed by atoms with van der Waals surface area (Å²) < 4.78 is 26.2. The van der Waals surface area contributed by atoms with Gasteiger partial charge in [0.2, 0.25) is 15.9 Å². The number of nitrogens with one attached hydrogen (secondary N) is 3. The molecule has 7 nitrogen and oxygen atoms in total. The highest BCUT2D eigenvalue weighted by molar-refractivity contribution is 7.92. The highest BCUT2D eigenvalue weighted by Gasteiger charge is 2.10. The van der Waals surface area contributed by atoms with Crippen molar-refractivity contribution in [3.8, 4) is 0 Å². The number of pyridine rings is 1. The van der Waals surface area contributed by atoms with Crippen LogP contribution in [0.25, 0.3) is 0 Å². The first-order chi connectivity index (χ1) is 11.9. The van der Waals surface area contributed by atoms with Crippen LogP contribution >= 0.6 is 0 Å². The van der Waals surface area contributed by atoms with Crippen LogP contribution in [0.3, 0.4) is 0 Å². The van der Waals surface area contributed by atoms with Gasteiger partial charge in [0.25, 0.3) is 0 Å². The minimum atomic E-state index is -3.35. The molecule has 0 aliphatic carbocycles. The van der Waals surface area contributed by atoms with Gasteiger partial charge in [-0.1, -0.05) is 13.3 Å². The van der Waals surface area contributed by atoms with E-state index in [9.17, 15) is 13.2 Å². The number of rotatable bonds is 8. The lowest BCUT2D eigenvalue weighted by molar-refractivity contribution is -0.114. The van der Waals surface area contributed by atoms with E-state index in [1.165, 1.54) is 6.92 Å². The summed E-state index contributed by atoms with van der Waals surface area (Å²) in [6.07, 6.45) is 2.99. The normalized spacial score (nSPS) is 11.0. The lowest BCUT2D eigenvalue weighted by Gasteiger charge is -2.10. The first-order valence-electron chi connectivity index (χ1n) is 7.99. The molecule has 2 aromatic rings. The maximum absolute atomic E-state index is 11.8. The molecule has 0 aliphatic heterocycles. The van der Waals surface area contributed by atoms with Crippen LogP contribution in [0.1, 0.15) is 26.7 Å². The zero-order valence-corrected chi connectivity index (χ0v) is 15.1. The average molecular weight is 362 g/mol. The molecular weight excluding hydrogens is 340 g/mol.